The van der Waals surface area contributed by atoms with Gasteiger partial charge in [0.25, 0.3) is 10.0 Å². The van der Waals surface area contributed by atoms with Crippen molar-refractivity contribution >= 4 is 22.0 Å². The van der Waals surface area contributed by atoms with Gasteiger partial charge in [0.15, 0.2) is 0 Å². The highest BCUT2D eigenvalue weighted by atomic mass is 32.2. The largest absolute Gasteiger partial charge is 0.330 e. The fraction of sp³-hybridized carbons (Fsp3) is 0.300. The van der Waals surface area contributed by atoms with Gasteiger partial charge in [0, 0.05) is 6.54 Å². The minimum atomic E-state index is -3.43. The predicted octanol–water partition coefficient (Wildman–Crippen LogP) is 0.700. The zero-order valence-corrected chi connectivity index (χ0v) is 9.52. The highest BCUT2D eigenvalue weighted by Crippen LogP contribution is 2.29. The van der Waals surface area contributed by atoms with Gasteiger partial charge in [-0.05, 0) is 25.1 Å². The molecule has 0 bridgehead atoms. The molecule has 0 saturated carbocycles. The second-order valence-electron chi connectivity index (χ2n) is 3.47. The molecule has 2 rings (SSSR count). The van der Waals surface area contributed by atoms with Gasteiger partial charge in [-0.1, -0.05) is 12.1 Å². The summed E-state index contributed by atoms with van der Waals surface area (Å²) in [4.78, 5) is 4.36. The molecule has 0 radical (unpaired) electrons. The zero-order valence-electron chi connectivity index (χ0n) is 8.70. The second-order valence-corrected chi connectivity index (χ2v) is 5.33. The van der Waals surface area contributed by atoms with Crippen LogP contribution in [0.25, 0.3) is 0 Å². The van der Waals surface area contributed by atoms with E-state index in [0.29, 0.717) is 25.2 Å². The molecular weight excluding hydrogens is 226 g/mol. The van der Waals surface area contributed by atoms with Crippen LogP contribution in [0, 0.1) is 0 Å². The number of hydrogen-bond acceptors (Lipinski definition) is 4. The molecule has 1 aromatic carbocycles. The van der Waals surface area contributed by atoms with E-state index in [1.165, 1.54) is 10.6 Å². The summed E-state index contributed by atoms with van der Waals surface area (Å²) in [5.74, 6) is 0. The standard InChI is InChI=1S/C10H13N3O2S/c11-6-3-7-13-8-12-9-4-1-2-5-10(9)16(13,14)15/h1-2,4-5,8H,3,6-7,11H2. The highest BCUT2D eigenvalue weighted by molar-refractivity contribution is 7.89. The Kier molecular flexibility index (Phi) is 2.93. The molecule has 0 spiro atoms. The molecular formula is C10H13N3O2S. The van der Waals surface area contributed by atoms with E-state index in [1.807, 2.05) is 0 Å². The Labute approximate surface area is 94.6 Å². The summed E-state index contributed by atoms with van der Waals surface area (Å²) >= 11 is 0. The molecule has 0 saturated heterocycles. The second kappa shape index (κ2) is 4.23. The average Bonchev–Trinajstić information content (AvgIpc) is 2.28. The molecule has 2 N–H and O–H groups in total. The van der Waals surface area contributed by atoms with Gasteiger partial charge in [-0.25, -0.2) is 13.4 Å². The maximum Gasteiger partial charge on any atom is 0.267 e. The van der Waals surface area contributed by atoms with Crippen LogP contribution in [0.2, 0.25) is 0 Å². The lowest BCUT2D eigenvalue weighted by Gasteiger charge is -2.23. The summed E-state index contributed by atoms with van der Waals surface area (Å²) in [5, 5.41) is 0. The van der Waals surface area contributed by atoms with Crippen LogP contribution in [-0.2, 0) is 10.0 Å². The third-order valence-electron chi connectivity index (χ3n) is 2.36. The number of benzene rings is 1. The van der Waals surface area contributed by atoms with Gasteiger partial charge in [0.2, 0.25) is 0 Å². The molecule has 0 atom stereocenters. The van der Waals surface area contributed by atoms with Crippen molar-refractivity contribution in [2.75, 3.05) is 13.1 Å². The number of rotatable bonds is 3. The van der Waals surface area contributed by atoms with Gasteiger partial charge >= 0.3 is 0 Å². The summed E-state index contributed by atoms with van der Waals surface area (Å²) in [6.45, 7) is 0.832. The Bertz CT molecular complexity index is 511. The van der Waals surface area contributed by atoms with E-state index < -0.39 is 10.0 Å². The molecule has 1 heterocycles. The van der Waals surface area contributed by atoms with E-state index in [1.54, 1.807) is 24.3 Å². The molecule has 0 amide bonds. The number of hydrogen-bond donors (Lipinski definition) is 1. The van der Waals surface area contributed by atoms with Gasteiger partial charge < -0.3 is 5.73 Å². The van der Waals surface area contributed by atoms with Crippen LogP contribution < -0.4 is 5.73 Å². The summed E-state index contributed by atoms with van der Waals surface area (Å²) in [7, 11) is -3.43. The first-order chi connectivity index (χ1) is 7.66. The predicted molar refractivity (Wildman–Crippen MR) is 62.2 cm³/mol. The lowest BCUT2D eigenvalue weighted by Crippen LogP contribution is -2.33. The molecule has 86 valence electrons. The minimum Gasteiger partial charge on any atom is -0.330 e. The average molecular weight is 239 g/mol. The lowest BCUT2D eigenvalue weighted by atomic mass is 10.3. The van der Waals surface area contributed by atoms with E-state index in [9.17, 15) is 8.42 Å². The first-order valence-corrected chi connectivity index (χ1v) is 6.45. The van der Waals surface area contributed by atoms with Crippen LogP contribution in [0.5, 0.6) is 0 Å². The quantitative estimate of drug-likeness (QED) is 0.843. The number of sulfonamides is 1. The molecule has 16 heavy (non-hydrogen) atoms. The Morgan fingerprint density at radius 2 is 2.06 bits per heavy atom. The molecule has 6 heteroatoms. The van der Waals surface area contributed by atoms with E-state index in [4.69, 9.17) is 5.73 Å². The number of aliphatic imine (C=N–C) groups is 1. The molecule has 5 nitrogen and oxygen atoms in total. The van der Waals surface area contributed by atoms with Gasteiger partial charge in [-0.2, -0.15) is 0 Å². The molecule has 0 aliphatic carbocycles. The fourth-order valence-corrected chi connectivity index (χ4v) is 2.95. The molecule has 0 aromatic heterocycles. The van der Waals surface area contributed by atoms with Crippen molar-refractivity contribution in [2.45, 2.75) is 11.3 Å². The highest BCUT2D eigenvalue weighted by Gasteiger charge is 2.27. The van der Waals surface area contributed by atoms with E-state index in [2.05, 4.69) is 4.99 Å². The summed E-state index contributed by atoms with van der Waals surface area (Å²) in [5.41, 5.74) is 5.86. The topological polar surface area (TPSA) is 75.8 Å². The molecule has 0 unspecified atom stereocenters. The van der Waals surface area contributed by atoms with Gasteiger partial charge in [-0.15, -0.1) is 0 Å². The van der Waals surface area contributed by atoms with Crippen LogP contribution in [0.1, 0.15) is 6.42 Å². The van der Waals surface area contributed by atoms with Crippen LogP contribution >= 0.6 is 0 Å². The first-order valence-electron chi connectivity index (χ1n) is 5.01. The third-order valence-corrected chi connectivity index (χ3v) is 4.16. The normalized spacial score (nSPS) is 17.2. The summed E-state index contributed by atoms with van der Waals surface area (Å²) in [6, 6.07) is 6.71. The molecule has 1 aliphatic rings. The smallest absolute Gasteiger partial charge is 0.267 e. The van der Waals surface area contributed by atoms with Crippen LogP contribution in [-0.4, -0.2) is 32.2 Å². The number of nitrogens with two attached hydrogens (primary N) is 1. The third kappa shape index (κ3) is 1.81. The summed E-state index contributed by atoms with van der Waals surface area (Å²) < 4.78 is 25.4. The van der Waals surface area contributed by atoms with Crippen LogP contribution in [0.3, 0.4) is 0 Å². The maximum atomic E-state index is 12.1. The van der Waals surface area contributed by atoms with Crippen LogP contribution in [0.15, 0.2) is 34.2 Å². The van der Waals surface area contributed by atoms with Crippen molar-refractivity contribution in [2.24, 2.45) is 10.7 Å². The van der Waals surface area contributed by atoms with Gasteiger partial charge in [-0.3, -0.25) is 4.31 Å². The van der Waals surface area contributed by atoms with E-state index >= 15 is 0 Å². The number of fused-ring (bicyclic) bond motifs is 1. The van der Waals surface area contributed by atoms with Crippen molar-refractivity contribution in [3.8, 4) is 0 Å². The van der Waals surface area contributed by atoms with Crippen LogP contribution in [0.4, 0.5) is 5.69 Å². The Morgan fingerprint density at radius 3 is 2.81 bits per heavy atom. The number of nitrogens with zero attached hydrogens (tertiary/aromatic N) is 2. The first kappa shape index (κ1) is 11.1. The Hall–Kier alpha value is -1.40. The van der Waals surface area contributed by atoms with Gasteiger partial charge in [0.1, 0.15) is 11.2 Å². The maximum absolute atomic E-state index is 12.1. The van der Waals surface area contributed by atoms with Crippen molar-refractivity contribution in [1.29, 1.82) is 0 Å². The molecule has 1 aliphatic heterocycles. The molecule has 0 fully saturated rings. The summed E-state index contributed by atoms with van der Waals surface area (Å²) in [6.07, 6.45) is 1.97. The minimum absolute atomic E-state index is 0.259. The zero-order chi connectivity index (χ0) is 11.6. The van der Waals surface area contributed by atoms with Crippen molar-refractivity contribution < 1.29 is 8.42 Å². The lowest BCUT2D eigenvalue weighted by molar-refractivity contribution is 0.517. The Balaban J connectivity index is 2.39. The van der Waals surface area contributed by atoms with Crippen molar-refractivity contribution in [3.05, 3.63) is 24.3 Å². The fourth-order valence-electron chi connectivity index (χ4n) is 1.52. The monoisotopic (exact) mass is 239 g/mol. The van der Waals surface area contributed by atoms with E-state index in [-0.39, 0.29) is 4.90 Å². The Morgan fingerprint density at radius 1 is 1.31 bits per heavy atom. The van der Waals surface area contributed by atoms with E-state index in [0.717, 1.165) is 0 Å². The molecule has 1 aromatic rings. The van der Waals surface area contributed by atoms with Gasteiger partial charge in [0.05, 0.1) is 5.69 Å². The SMILES string of the molecule is NCCCN1C=Nc2ccccc2S1(=O)=O. The van der Waals surface area contributed by atoms with Crippen molar-refractivity contribution in [3.63, 3.8) is 0 Å². The number of para-hydroxylation sites is 1. The van der Waals surface area contributed by atoms with Crippen molar-refractivity contribution in [1.82, 2.24) is 4.31 Å².